The van der Waals surface area contributed by atoms with Gasteiger partial charge in [-0.25, -0.2) is 9.97 Å². The molecule has 206 valence electrons. The minimum Gasteiger partial charge on any atom is -0.324 e. The number of carbonyl (C=O) groups is 1. The molecule has 1 amide bonds. The number of fused-ring (bicyclic) bond motifs is 1. The number of rotatable bonds is 8. The van der Waals surface area contributed by atoms with E-state index in [4.69, 9.17) is 14.8 Å². The fourth-order valence-corrected chi connectivity index (χ4v) is 4.81. The molecule has 2 heterocycles. The van der Waals surface area contributed by atoms with Crippen LogP contribution in [0.25, 0.3) is 22.2 Å². The van der Waals surface area contributed by atoms with E-state index in [1.807, 2.05) is 96.9 Å². The summed E-state index contributed by atoms with van der Waals surface area (Å²) >= 11 is 0. The maximum Gasteiger partial charge on any atom is 0.255 e. The van der Waals surface area contributed by atoms with Gasteiger partial charge in [0.25, 0.3) is 5.91 Å². The third-order valence-corrected chi connectivity index (χ3v) is 7.09. The number of piperazine rings is 1. The minimum atomic E-state index is -0.173. The number of aromatic nitrogens is 2. The number of hydrogen-bond acceptors (Lipinski definition) is 7. The lowest BCUT2D eigenvalue weighted by Crippen LogP contribution is -2.43. The molecule has 41 heavy (non-hydrogen) atoms. The molecule has 1 aliphatic rings. The predicted molar refractivity (Wildman–Crippen MR) is 163 cm³/mol. The van der Waals surface area contributed by atoms with Gasteiger partial charge in [0.05, 0.1) is 17.8 Å². The van der Waals surface area contributed by atoms with Crippen LogP contribution in [0.1, 0.15) is 21.5 Å². The Kier molecular flexibility index (Phi) is 7.95. The van der Waals surface area contributed by atoms with Crippen molar-refractivity contribution in [1.29, 1.82) is 0 Å². The van der Waals surface area contributed by atoms with E-state index < -0.39 is 0 Å². The van der Waals surface area contributed by atoms with E-state index in [0.717, 1.165) is 70.8 Å². The van der Waals surface area contributed by atoms with Crippen LogP contribution in [0.4, 0.5) is 17.3 Å². The second-order valence-electron chi connectivity index (χ2n) is 10.0. The molecule has 0 aliphatic carbocycles. The third-order valence-electron chi connectivity index (χ3n) is 7.09. The molecule has 0 radical (unpaired) electrons. The van der Waals surface area contributed by atoms with Crippen LogP contribution in [0.2, 0.25) is 0 Å². The Balaban J connectivity index is 1.14. The van der Waals surface area contributed by atoms with E-state index in [9.17, 15) is 4.79 Å². The maximum absolute atomic E-state index is 13.1. The summed E-state index contributed by atoms with van der Waals surface area (Å²) in [6.07, 6.45) is 0. The lowest BCUT2D eigenvalue weighted by atomic mass is 10.1. The van der Waals surface area contributed by atoms with Gasteiger partial charge in [-0.2, -0.15) is 5.06 Å². The van der Waals surface area contributed by atoms with Gasteiger partial charge in [-0.1, -0.05) is 60.7 Å². The highest BCUT2D eigenvalue weighted by atomic mass is 16.7. The fraction of sp³-hybridized carbons (Fsp3) is 0.182. The van der Waals surface area contributed by atoms with E-state index in [1.165, 1.54) is 0 Å². The highest BCUT2D eigenvalue weighted by Crippen LogP contribution is 2.28. The van der Waals surface area contributed by atoms with Crippen molar-refractivity contribution in [1.82, 2.24) is 20.3 Å². The normalized spacial score (nSPS) is 13.7. The molecule has 0 atom stereocenters. The second kappa shape index (κ2) is 12.3. The summed E-state index contributed by atoms with van der Waals surface area (Å²) in [7, 11) is 0. The van der Waals surface area contributed by atoms with Crippen LogP contribution >= 0.6 is 0 Å². The predicted octanol–water partition coefficient (Wildman–Crippen LogP) is 5.94. The van der Waals surface area contributed by atoms with Crippen LogP contribution in [0, 0.1) is 6.92 Å². The average molecular weight is 545 g/mol. The summed E-state index contributed by atoms with van der Waals surface area (Å²) in [4.78, 5) is 28.6. The molecule has 8 heteroatoms. The lowest BCUT2D eigenvalue weighted by molar-refractivity contribution is -0.174. The number of aryl methyl sites for hydroxylation is 1. The van der Waals surface area contributed by atoms with Gasteiger partial charge in [-0.05, 0) is 54.4 Å². The third kappa shape index (κ3) is 6.41. The van der Waals surface area contributed by atoms with E-state index in [-0.39, 0.29) is 5.91 Å². The van der Waals surface area contributed by atoms with Gasteiger partial charge in [0.15, 0.2) is 0 Å². The largest absolute Gasteiger partial charge is 0.324 e. The first-order valence-electron chi connectivity index (χ1n) is 13.8. The van der Waals surface area contributed by atoms with Crippen molar-refractivity contribution in [3.8, 4) is 11.3 Å². The Morgan fingerprint density at radius 2 is 1.66 bits per heavy atom. The number of para-hydroxylation sites is 1. The van der Waals surface area contributed by atoms with Gasteiger partial charge in [-0.3, -0.25) is 9.63 Å². The first-order chi connectivity index (χ1) is 20.1. The Morgan fingerprint density at radius 3 is 2.46 bits per heavy atom. The van der Waals surface area contributed by atoms with E-state index in [1.54, 1.807) is 12.1 Å². The van der Waals surface area contributed by atoms with Gasteiger partial charge in [-0.15, -0.1) is 0 Å². The van der Waals surface area contributed by atoms with Crippen LogP contribution in [0.5, 0.6) is 0 Å². The zero-order chi connectivity index (χ0) is 28.0. The van der Waals surface area contributed by atoms with Crippen molar-refractivity contribution in [2.45, 2.75) is 13.5 Å². The zero-order valence-electron chi connectivity index (χ0n) is 22.9. The molecule has 0 bridgehead atoms. The molecule has 4 aromatic carbocycles. The highest BCUT2D eigenvalue weighted by Gasteiger charge is 2.13. The molecular weight excluding hydrogens is 512 g/mol. The molecular formula is C33H32N6O2. The molecule has 1 aromatic heterocycles. The van der Waals surface area contributed by atoms with Crippen LogP contribution < -0.4 is 16.0 Å². The number of anilines is 3. The topological polar surface area (TPSA) is 91.4 Å². The number of nitrogens with one attached hydrogen (secondary N) is 3. The second-order valence-corrected chi connectivity index (χ2v) is 10.0. The zero-order valence-corrected chi connectivity index (χ0v) is 22.9. The number of nitrogens with zero attached hydrogens (tertiary/aromatic N) is 3. The number of hydrogen-bond donors (Lipinski definition) is 3. The smallest absolute Gasteiger partial charge is 0.255 e. The molecule has 0 saturated carbocycles. The highest BCUT2D eigenvalue weighted by molar-refractivity contribution is 6.05. The molecule has 0 spiro atoms. The van der Waals surface area contributed by atoms with Crippen molar-refractivity contribution < 1.29 is 9.63 Å². The molecule has 5 aromatic rings. The Labute approximate surface area is 239 Å². The van der Waals surface area contributed by atoms with Crippen LogP contribution in [-0.4, -0.2) is 47.1 Å². The molecule has 3 N–H and O–H groups in total. The number of carbonyl (C=O) groups excluding carboxylic acids is 1. The Morgan fingerprint density at radius 1 is 0.902 bits per heavy atom. The van der Waals surface area contributed by atoms with Crippen LogP contribution in [0.3, 0.4) is 0 Å². The first-order valence-corrected chi connectivity index (χ1v) is 13.8. The Hall–Kier alpha value is -4.63. The maximum atomic E-state index is 13.1. The molecule has 1 saturated heterocycles. The fourth-order valence-electron chi connectivity index (χ4n) is 4.81. The van der Waals surface area contributed by atoms with E-state index in [0.29, 0.717) is 18.1 Å². The summed E-state index contributed by atoms with van der Waals surface area (Å²) < 4.78 is 0. The van der Waals surface area contributed by atoms with Crippen molar-refractivity contribution in [2.24, 2.45) is 0 Å². The molecule has 8 nitrogen and oxygen atoms in total. The molecule has 6 rings (SSSR count). The summed E-state index contributed by atoms with van der Waals surface area (Å²) in [6, 6.07) is 31.4. The van der Waals surface area contributed by atoms with Crippen LogP contribution in [-0.2, 0) is 11.4 Å². The number of benzene rings is 4. The van der Waals surface area contributed by atoms with Gasteiger partial charge in [0, 0.05) is 54.1 Å². The van der Waals surface area contributed by atoms with Crippen molar-refractivity contribution in [2.75, 3.05) is 36.8 Å². The summed E-state index contributed by atoms with van der Waals surface area (Å²) in [5.41, 5.74) is 6.87. The number of amides is 1. The van der Waals surface area contributed by atoms with Crippen molar-refractivity contribution in [3.63, 3.8) is 0 Å². The van der Waals surface area contributed by atoms with Crippen LogP contribution in [0.15, 0.2) is 97.1 Å². The van der Waals surface area contributed by atoms with E-state index >= 15 is 0 Å². The van der Waals surface area contributed by atoms with Gasteiger partial charge >= 0.3 is 0 Å². The summed E-state index contributed by atoms with van der Waals surface area (Å²) in [6.45, 7) is 6.02. The quantitative estimate of drug-likeness (QED) is 0.223. The minimum absolute atomic E-state index is 0.173. The molecule has 0 unspecified atom stereocenters. The lowest BCUT2D eigenvalue weighted by Gasteiger charge is -2.26. The summed E-state index contributed by atoms with van der Waals surface area (Å²) in [5, 5.41) is 12.7. The Bertz CT molecular complexity index is 1650. The average Bonchev–Trinajstić information content (AvgIpc) is 3.02. The van der Waals surface area contributed by atoms with Crippen molar-refractivity contribution >= 4 is 34.1 Å². The molecule has 1 aliphatic heterocycles. The monoisotopic (exact) mass is 544 g/mol. The SMILES string of the molecule is Cc1ccc(CON2CCNCC2)cc1NC(=O)c1ccc(Nc2nc(-c3ccccc3)c3ccccc3n2)cc1. The van der Waals surface area contributed by atoms with E-state index in [2.05, 4.69) is 16.0 Å². The van der Waals surface area contributed by atoms with Crippen molar-refractivity contribution in [3.05, 3.63) is 114 Å². The number of hydroxylamine groups is 2. The first kappa shape index (κ1) is 26.6. The van der Waals surface area contributed by atoms with Gasteiger partial charge in [0.1, 0.15) is 0 Å². The van der Waals surface area contributed by atoms with Gasteiger partial charge in [0.2, 0.25) is 5.95 Å². The van der Waals surface area contributed by atoms with Gasteiger partial charge < -0.3 is 16.0 Å². The summed E-state index contributed by atoms with van der Waals surface area (Å²) in [5.74, 6) is 0.323. The standard InChI is InChI=1S/C33H32N6O2/c1-23-11-12-24(22-41-39-19-17-34-18-20-39)21-30(23)36-32(40)26-13-15-27(16-14-26)35-33-37-29-10-6-5-9-28(29)31(38-33)25-7-3-2-4-8-25/h2-16,21,34H,17-20,22H2,1H3,(H,36,40)(H,35,37,38). The molecule has 1 fully saturated rings.